The van der Waals surface area contributed by atoms with Gasteiger partial charge in [0.05, 0.1) is 20.3 Å². The lowest BCUT2D eigenvalue weighted by atomic mass is 10.2. The molecular weight excluding hydrogens is 507 g/mol. The largest absolute Gasteiger partial charge is 0.493 e. The highest BCUT2D eigenvalue weighted by Gasteiger charge is 2.21. The number of guanidine groups is 1. The molecule has 8 heteroatoms. The highest BCUT2D eigenvalue weighted by Crippen LogP contribution is 2.30. The number of hydrogen-bond acceptors (Lipinski definition) is 4. The van der Waals surface area contributed by atoms with Crippen LogP contribution in [0.15, 0.2) is 47.5 Å². The summed E-state index contributed by atoms with van der Waals surface area (Å²) in [6.45, 7) is 6.62. The minimum absolute atomic E-state index is 0. The van der Waals surface area contributed by atoms with E-state index in [0.717, 1.165) is 36.4 Å². The number of ether oxygens (including phenoxy) is 2. The number of methoxy groups -OCH3 is 1. The Kier molecular flexibility index (Phi) is 9.90. The second kappa shape index (κ2) is 12.4. The van der Waals surface area contributed by atoms with E-state index < -0.39 is 0 Å². The molecule has 0 bridgehead atoms. The van der Waals surface area contributed by atoms with Gasteiger partial charge in [-0.05, 0) is 50.1 Å². The van der Waals surface area contributed by atoms with Crippen LogP contribution in [0.4, 0.5) is 11.4 Å². The van der Waals surface area contributed by atoms with Crippen molar-refractivity contribution in [2.24, 2.45) is 4.99 Å². The van der Waals surface area contributed by atoms with E-state index >= 15 is 0 Å². The van der Waals surface area contributed by atoms with Crippen LogP contribution in [0.5, 0.6) is 11.5 Å². The Morgan fingerprint density at radius 2 is 1.90 bits per heavy atom. The van der Waals surface area contributed by atoms with E-state index in [4.69, 9.17) is 9.47 Å². The van der Waals surface area contributed by atoms with Gasteiger partial charge in [-0.25, -0.2) is 4.99 Å². The van der Waals surface area contributed by atoms with Gasteiger partial charge in [0.1, 0.15) is 0 Å². The molecule has 1 aliphatic rings. The number of carbonyl (C=O) groups excluding carboxylic acids is 1. The van der Waals surface area contributed by atoms with Crippen molar-refractivity contribution in [3.8, 4) is 11.5 Å². The molecule has 1 aliphatic heterocycles. The van der Waals surface area contributed by atoms with Gasteiger partial charge in [-0.1, -0.05) is 12.1 Å². The molecule has 2 aromatic carbocycles. The lowest BCUT2D eigenvalue weighted by molar-refractivity contribution is -0.117. The Morgan fingerprint density at radius 3 is 2.52 bits per heavy atom. The molecule has 0 aromatic heterocycles. The first-order chi connectivity index (χ1) is 14.6. The first-order valence-electron chi connectivity index (χ1n) is 10.4. The molecule has 1 amide bonds. The summed E-state index contributed by atoms with van der Waals surface area (Å²) in [5, 5.41) is 6.56. The summed E-state index contributed by atoms with van der Waals surface area (Å²) in [4.78, 5) is 18.4. The van der Waals surface area contributed by atoms with Gasteiger partial charge in [0, 0.05) is 37.0 Å². The van der Waals surface area contributed by atoms with Crippen LogP contribution in [0.3, 0.4) is 0 Å². The molecule has 2 N–H and O–H groups in total. The molecule has 0 atom stereocenters. The van der Waals surface area contributed by atoms with E-state index in [0.29, 0.717) is 37.0 Å². The molecule has 0 unspecified atom stereocenters. The molecule has 0 saturated carbocycles. The van der Waals surface area contributed by atoms with Gasteiger partial charge < -0.3 is 25.0 Å². The third kappa shape index (κ3) is 6.75. The maximum Gasteiger partial charge on any atom is 0.227 e. The highest BCUT2D eigenvalue weighted by atomic mass is 127. The first kappa shape index (κ1) is 24.8. The van der Waals surface area contributed by atoms with Crippen LogP contribution >= 0.6 is 24.0 Å². The Bertz CT molecular complexity index is 887. The fourth-order valence-electron chi connectivity index (χ4n) is 3.34. The zero-order chi connectivity index (χ0) is 21.3. The SMILES string of the molecule is CCNC(=NCc1ccc(N2CCCC2=O)cc1)Nc1ccc(OCC)c(OC)c1.I. The second-order valence-electron chi connectivity index (χ2n) is 6.93. The summed E-state index contributed by atoms with van der Waals surface area (Å²) in [5.74, 6) is 2.27. The number of hydrogen-bond donors (Lipinski definition) is 2. The van der Waals surface area contributed by atoms with Crippen molar-refractivity contribution in [1.29, 1.82) is 0 Å². The van der Waals surface area contributed by atoms with E-state index in [1.807, 2.05) is 61.2 Å². The Hall–Kier alpha value is -2.49. The summed E-state index contributed by atoms with van der Waals surface area (Å²) in [6, 6.07) is 13.7. The molecule has 0 radical (unpaired) electrons. The minimum atomic E-state index is 0. The summed E-state index contributed by atoms with van der Waals surface area (Å²) >= 11 is 0. The topological polar surface area (TPSA) is 75.2 Å². The van der Waals surface area contributed by atoms with E-state index in [1.54, 1.807) is 7.11 Å². The monoisotopic (exact) mass is 538 g/mol. The molecule has 1 fully saturated rings. The molecule has 1 saturated heterocycles. The zero-order valence-corrected chi connectivity index (χ0v) is 20.6. The summed E-state index contributed by atoms with van der Waals surface area (Å²) in [7, 11) is 1.63. The van der Waals surface area contributed by atoms with Gasteiger partial charge in [0.25, 0.3) is 0 Å². The van der Waals surface area contributed by atoms with E-state index in [9.17, 15) is 4.79 Å². The second-order valence-corrected chi connectivity index (χ2v) is 6.93. The minimum Gasteiger partial charge on any atom is -0.493 e. The lowest BCUT2D eigenvalue weighted by Crippen LogP contribution is -2.30. The van der Waals surface area contributed by atoms with E-state index in [2.05, 4.69) is 15.6 Å². The fraction of sp³-hybridized carbons (Fsp3) is 0.391. The van der Waals surface area contributed by atoms with Crippen molar-refractivity contribution in [3.05, 3.63) is 48.0 Å². The Balaban J connectivity index is 0.00000341. The molecule has 31 heavy (non-hydrogen) atoms. The molecular formula is C23H31IN4O3. The quantitative estimate of drug-likeness (QED) is 0.296. The van der Waals surface area contributed by atoms with Crippen LogP contribution in [0, 0.1) is 0 Å². The van der Waals surface area contributed by atoms with Gasteiger partial charge in [-0.15, -0.1) is 24.0 Å². The van der Waals surface area contributed by atoms with Crippen LogP contribution in [0.25, 0.3) is 0 Å². The smallest absolute Gasteiger partial charge is 0.227 e. The predicted molar refractivity (Wildman–Crippen MR) is 136 cm³/mol. The lowest BCUT2D eigenvalue weighted by Gasteiger charge is -2.16. The molecule has 0 spiro atoms. The average Bonchev–Trinajstić information content (AvgIpc) is 3.19. The summed E-state index contributed by atoms with van der Waals surface area (Å²) < 4.78 is 11.0. The van der Waals surface area contributed by atoms with Crippen LogP contribution < -0.4 is 25.0 Å². The van der Waals surface area contributed by atoms with E-state index in [1.165, 1.54) is 0 Å². The van der Waals surface area contributed by atoms with Crippen LogP contribution in [0.2, 0.25) is 0 Å². The molecule has 3 rings (SSSR count). The average molecular weight is 538 g/mol. The predicted octanol–water partition coefficient (Wildman–Crippen LogP) is 4.42. The van der Waals surface area contributed by atoms with Gasteiger partial charge in [-0.3, -0.25) is 4.79 Å². The number of nitrogens with one attached hydrogen (secondary N) is 2. The number of carbonyl (C=O) groups is 1. The molecule has 7 nitrogen and oxygen atoms in total. The number of anilines is 2. The van der Waals surface area contributed by atoms with Crippen molar-refractivity contribution in [2.75, 3.05) is 37.0 Å². The van der Waals surface area contributed by atoms with Gasteiger partial charge >= 0.3 is 0 Å². The van der Waals surface area contributed by atoms with Crippen molar-refractivity contribution >= 4 is 47.2 Å². The standard InChI is InChI=1S/C23H30N4O3.HI/c1-4-24-23(26-18-10-13-20(30-5-2)21(15-18)29-3)25-16-17-8-11-19(12-9-17)27-14-6-7-22(27)28;/h8-13,15H,4-7,14,16H2,1-3H3,(H2,24,25,26);1H. The maximum atomic E-state index is 11.9. The van der Waals surface area contributed by atoms with Crippen molar-refractivity contribution in [3.63, 3.8) is 0 Å². The molecule has 2 aromatic rings. The molecule has 168 valence electrons. The van der Waals surface area contributed by atoms with Gasteiger partial charge in [0.15, 0.2) is 17.5 Å². The van der Waals surface area contributed by atoms with Crippen molar-refractivity contribution in [2.45, 2.75) is 33.2 Å². The summed E-state index contributed by atoms with van der Waals surface area (Å²) in [6.07, 6.45) is 1.57. The van der Waals surface area contributed by atoms with Crippen molar-refractivity contribution < 1.29 is 14.3 Å². The normalized spacial score (nSPS) is 13.6. The third-order valence-electron chi connectivity index (χ3n) is 4.81. The Morgan fingerprint density at radius 1 is 1.13 bits per heavy atom. The van der Waals surface area contributed by atoms with Gasteiger partial charge in [-0.2, -0.15) is 0 Å². The number of rotatable bonds is 8. The number of benzene rings is 2. The third-order valence-corrected chi connectivity index (χ3v) is 4.81. The van der Waals surface area contributed by atoms with Crippen LogP contribution in [-0.2, 0) is 11.3 Å². The fourth-order valence-corrected chi connectivity index (χ4v) is 3.34. The van der Waals surface area contributed by atoms with Crippen LogP contribution in [0.1, 0.15) is 32.3 Å². The van der Waals surface area contributed by atoms with Crippen LogP contribution in [-0.4, -0.2) is 38.7 Å². The first-order valence-corrected chi connectivity index (χ1v) is 10.4. The zero-order valence-electron chi connectivity index (χ0n) is 18.3. The van der Waals surface area contributed by atoms with Crippen molar-refractivity contribution in [1.82, 2.24) is 5.32 Å². The number of nitrogens with zero attached hydrogens (tertiary/aromatic N) is 2. The summed E-state index contributed by atoms with van der Waals surface area (Å²) in [5.41, 5.74) is 2.89. The Labute approximate surface area is 201 Å². The number of amides is 1. The number of aliphatic imine (C=N–C) groups is 1. The maximum absolute atomic E-state index is 11.9. The molecule has 0 aliphatic carbocycles. The number of halogens is 1. The molecule has 1 heterocycles. The van der Waals surface area contributed by atoms with Gasteiger partial charge in [0.2, 0.25) is 5.91 Å². The van der Waals surface area contributed by atoms with E-state index in [-0.39, 0.29) is 29.9 Å². The highest BCUT2D eigenvalue weighted by molar-refractivity contribution is 14.0.